The van der Waals surface area contributed by atoms with Gasteiger partial charge >= 0.3 is 0 Å². The van der Waals surface area contributed by atoms with E-state index in [2.05, 4.69) is 20.8 Å². The third kappa shape index (κ3) is 4.27. The predicted molar refractivity (Wildman–Crippen MR) is 66.3 cm³/mol. The average molecular weight is 254 g/mol. The third-order valence-corrected chi connectivity index (χ3v) is 2.21. The number of amides is 1. The molecule has 1 aromatic heterocycles. The molecule has 0 aliphatic heterocycles. The first-order valence-corrected chi connectivity index (χ1v) is 5.62. The van der Waals surface area contributed by atoms with E-state index in [1.54, 1.807) is 26.4 Å². The predicted octanol–water partition coefficient (Wildman–Crippen LogP) is 0.257. The number of rotatable bonds is 7. The van der Waals surface area contributed by atoms with Gasteiger partial charge in [-0.15, -0.1) is 10.2 Å². The van der Waals surface area contributed by atoms with Gasteiger partial charge in [0.05, 0.1) is 6.54 Å². The minimum Gasteiger partial charge on any atom is -0.363 e. The van der Waals surface area contributed by atoms with Gasteiger partial charge in [-0.2, -0.15) is 0 Å². The molecular formula is C11H18N4O3. The van der Waals surface area contributed by atoms with Crippen LogP contribution in [0.15, 0.2) is 12.1 Å². The zero-order chi connectivity index (χ0) is 13.4. The van der Waals surface area contributed by atoms with Crippen molar-refractivity contribution in [1.82, 2.24) is 15.5 Å². The van der Waals surface area contributed by atoms with Crippen LogP contribution in [0, 0.1) is 0 Å². The molecule has 0 saturated carbocycles. The molecule has 2 N–H and O–H groups in total. The molecule has 7 nitrogen and oxygen atoms in total. The second-order valence-corrected chi connectivity index (χ2v) is 3.45. The molecule has 0 unspecified atom stereocenters. The Morgan fingerprint density at radius 1 is 1.33 bits per heavy atom. The molecule has 1 heterocycles. The Bertz CT molecular complexity index is 365. The lowest BCUT2D eigenvalue weighted by atomic mass is 10.3. The number of ether oxygens (including phenoxy) is 2. The highest BCUT2D eigenvalue weighted by molar-refractivity contribution is 5.92. The Labute approximate surface area is 106 Å². The van der Waals surface area contributed by atoms with Crippen molar-refractivity contribution in [3.05, 3.63) is 17.8 Å². The zero-order valence-corrected chi connectivity index (χ0v) is 10.8. The van der Waals surface area contributed by atoms with E-state index >= 15 is 0 Å². The van der Waals surface area contributed by atoms with E-state index < -0.39 is 0 Å². The fourth-order valence-electron chi connectivity index (χ4n) is 1.25. The Hall–Kier alpha value is -1.73. The smallest absolute Gasteiger partial charge is 0.271 e. The van der Waals surface area contributed by atoms with E-state index in [0.717, 1.165) is 0 Å². The highest BCUT2D eigenvalue weighted by Crippen LogP contribution is 2.03. The molecule has 0 aliphatic rings. The van der Waals surface area contributed by atoms with Crippen molar-refractivity contribution in [3.8, 4) is 0 Å². The first-order valence-electron chi connectivity index (χ1n) is 5.62. The van der Waals surface area contributed by atoms with E-state index in [-0.39, 0.29) is 17.9 Å². The van der Waals surface area contributed by atoms with Crippen LogP contribution in [-0.2, 0) is 9.47 Å². The average Bonchev–Trinajstić information content (AvgIpc) is 2.41. The number of hydrogen-bond donors (Lipinski definition) is 2. The van der Waals surface area contributed by atoms with Gasteiger partial charge in [0, 0.05) is 20.8 Å². The highest BCUT2D eigenvalue weighted by atomic mass is 16.7. The molecule has 0 radical (unpaired) electrons. The van der Waals surface area contributed by atoms with Crippen molar-refractivity contribution >= 4 is 11.7 Å². The fourth-order valence-corrected chi connectivity index (χ4v) is 1.25. The molecule has 0 aliphatic carbocycles. The monoisotopic (exact) mass is 254 g/mol. The molecule has 0 bridgehead atoms. The minimum atomic E-state index is -0.352. The van der Waals surface area contributed by atoms with Gasteiger partial charge in [0.2, 0.25) is 0 Å². The van der Waals surface area contributed by atoms with Crippen molar-refractivity contribution in [2.75, 3.05) is 32.6 Å². The summed E-state index contributed by atoms with van der Waals surface area (Å²) >= 11 is 0. The summed E-state index contributed by atoms with van der Waals surface area (Å²) in [5.41, 5.74) is 0.289. The SMILES string of the molecule is CCNC(=O)c1ccc(NCC(OC)OC)nn1. The summed E-state index contributed by atoms with van der Waals surface area (Å²) in [5, 5.41) is 13.3. The molecule has 0 fully saturated rings. The van der Waals surface area contributed by atoms with Gasteiger partial charge in [-0.1, -0.05) is 0 Å². The van der Waals surface area contributed by atoms with Crippen LogP contribution < -0.4 is 10.6 Å². The molecule has 18 heavy (non-hydrogen) atoms. The lowest BCUT2D eigenvalue weighted by Crippen LogP contribution is -2.25. The maximum Gasteiger partial charge on any atom is 0.271 e. The van der Waals surface area contributed by atoms with Crippen LogP contribution in [0.25, 0.3) is 0 Å². The van der Waals surface area contributed by atoms with Gasteiger partial charge in [0.25, 0.3) is 5.91 Å². The normalized spacial score (nSPS) is 10.4. The third-order valence-electron chi connectivity index (χ3n) is 2.21. The molecule has 0 aromatic carbocycles. The van der Waals surface area contributed by atoms with E-state index in [9.17, 15) is 4.79 Å². The van der Waals surface area contributed by atoms with Gasteiger partial charge in [-0.25, -0.2) is 0 Å². The Balaban J connectivity index is 2.52. The Kier molecular flexibility index (Phi) is 6.03. The van der Waals surface area contributed by atoms with Crippen molar-refractivity contribution in [3.63, 3.8) is 0 Å². The number of aromatic nitrogens is 2. The van der Waals surface area contributed by atoms with Crippen LogP contribution in [0.2, 0.25) is 0 Å². The van der Waals surface area contributed by atoms with Crippen LogP contribution in [0.1, 0.15) is 17.4 Å². The summed E-state index contributed by atoms with van der Waals surface area (Å²) in [4.78, 5) is 11.4. The largest absolute Gasteiger partial charge is 0.363 e. The van der Waals surface area contributed by atoms with Gasteiger partial charge in [-0.05, 0) is 19.1 Å². The van der Waals surface area contributed by atoms with Gasteiger partial charge < -0.3 is 20.1 Å². The molecule has 1 rings (SSSR count). The first kappa shape index (κ1) is 14.3. The summed E-state index contributed by atoms with van der Waals surface area (Å²) in [6.07, 6.45) is -0.352. The number of methoxy groups -OCH3 is 2. The van der Waals surface area contributed by atoms with Crippen molar-refractivity contribution in [1.29, 1.82) is 0 Å². The second-order valence-electron chi connectivity index (χ2n) is 3.45. The number of nitrogens with zero attached hydrogens (tertiary/aromatic N) is 2. The summed E-state index contributed by atoms with van der Waals surface area (Å²) in [6, 6.07) is 3.29. The van der Waals surface area contributed by atoms with Gasteiger partial charge in [0.1, 0.15) is 5.82 Å². The van der Waals surface area contributed by atoms with Crippen molar-refractivity contribution in [2.45, 2.75) is 13.2 Å². The van der Waals surface area contributed by atoms with E-state index in [1.807, 2.05) is 6.92 Å². The molecule has 1 amide bonds. The van der Waals surface area contributed by atoms with Crippen LogP contribution >= 0.6 is 0 Å². The summed E-state index contributed by atoms with van der Waals surface area (Å²) < 4.78 is 10.0. The fraction of sp³-hybridized carbons (Fsp3) is 0.545. The van der Waals surface area contributed by atoms with E-state index in [4.69, 9.17) is 9.47 Å². The Morgan fingerprint density at radius 3 is 2.56 bits per heavy atom. The lowest BCUT2D eigenvalue weighted by Gasteiger charge is -2.14. The van der Waals surface area contributed by atoms with Crippen LogP contribution in [0.5, 0.6) is 0 Å². The maximum atomic E-state index is 11.4. The maximum absolute atomic E-state index is 11.4. The molecule has 7 heteroatoms. The zero-order valence-electron chi connectivity index (χ0n) is 10.8. The highest BCUT2D eigenvalue weighted by Gasteiger charge is 2.08. The lowest BCUT2D eigenvalue weighted by molar-refractivity contribution is -0.0914. The number of carbonyl (C=O) groups is 1. The molecule has 0 saturated heterocycles. The van der Waals surface area contributed by atoms with Gasteiger partial charge in [-0.3, -0.25) is 4.79 Å². The number of carbonyl (C=O) groups excluding carboxylic acids is 1. The van der Waals surface area contributed by atoms with Gasteiger partial charge in [0.15, 0.2) is 12.0 Å². The second kappa shape index (κ2) is 7.57. The molecule has 0 atom stereocenters. The molecule has 100 valence electrons. The van der Waals surface area contributed by atoms with Crippen molar-refractivity contribution in [2.24, 2.45) is 0 Å². The van der Waals surface area contributed by atoms with E-state index in [0.29, 0.717) is 18.9 Å². The number of nitrogens with one attached hydrogen (secondary N) is 2. The summed E-state index contributed by atoms with van der Waals surface area (Å²) in [6.45, 7) is 2.85. The topological polar surface area (TPSA) is 85.4 Å². The van der Waals surface area contributed by atoms with Crippen molar-refractivity contribution < 1.29 is 14.3 Å². The number of anilines is 1. The molecule has 0 spiro atoms. The summed E-state index contributed by atoms with van der Waals surface area (Å²) in [5.74, 6) is 0.324. The molecular weight excluding hydrogens is 236 g/mol. The minimum absolute atomic E-state index is 0.233. The van der Waals surface area contributed by atoms with Crippen LogP contribution in [-0.4, -0.2) is 49.7 Å². The Morgan fingerprint density at radius 2 is 2.06 bits per heavy atom. The van der Waals surface area contributed by atoms with Crippen LogP contribution in [0.4, 0.5) is 5.82 Å². The van der Waals surface area contributed by atoms with Crippen LogP contribution in [0.3, 0.4) is 0 Å². The standard InChI is InChI=1S/C11H18N4O3/c1-4-12-11(16)8-5-6-9(15-14-8)13-7-10(17-2)18-3/h5-6,10H,4,7H2,1-3H3,(H,12,16)(H,13,15). The number of hydrogen-bond acceptors (Lipinski definition) is 6. The molecule has 1 aromatic rings. The van der Waals surface area contributed by atoms with E-state index in [1.165, 1.54) is 0 Å². The first-order chi connectivity index (χ1) is 8.71. The summed E-state index contributed by atoms with van der Waals surface area (Å²) in [7, 11) is 3.11. The quantitative estimate of drug-likeness (QED) is 0.679.